The van der Waals surface area contributed by atoms with Crippen LogP contribution in [0.1, 0.15) is 17.0 Å². The molecule has 1 unspecified atom stereocenters. The quantitative estimate of drug-likeness (QED) is 0.861. The van der Waals surface area contributed by atoms with Crippen molar-refractivity contribution in [3.05, 3.63) is 28.8 Å². The van der Waals surface area contributed by atoms with E-state index in [-0.39, 0.29) is 0 Å². The summed E-state index contributed by atoms with van der Waals surface area (Å²) in [6, 6.07) is 6.74. The van der Waals surface area contributed by atoms with E-state index in [4.69, 9.17) is 0 Å². The lowest BCUT2D eigenvalue weighted by molar-refractivity contribution is 0.580. The number of hydrogen-bond donors (Lipinski definition) is 1. The van der Waals surface area contributed by atoms with Gasteiger partial charge in [0.25, 0.3) is 0 Å². The molecule has 0 aliphatic carbocycles. The van der Waals surface area contributed by atoms with Crippen molar-refractivity contribution in [2.75, 3.05) is 13.1 Å². The Balaban J connectivity index is 1.86. The Hall–Kier alpha value is -0.930. The van der Waals surface area contributed by atoms with Crippen LogP contribution < -0.4 is 5.32 Å². The van der Waals surface area contributed by atoms with Gasteiger partial charge in [0.2, 0.25) is 0 Å². The smallest absolute Gasteiger partial charge is 0.0907 e. The first kappa shape index (κ1) is 10.2. The third kappa shape index (κ3) is 1.97. The van der Waals surface area contributed by atoms with Crippen LogP contribution in [-0.2, 0) is 6.42 Å². The predicted molar refractivity (Wildman–Crippen MR) is 69.0 cm³/mol. The maximum Gasteiger partial charge on any atom is 0.0907 e. The van der Waals surface area contributed by atoms with Crippen LogP contribution in [0.4, 0.5) is 0 Å². The minimum atomic E-state index is 0.817. The van der Waals surface area contributed by atoms with Crippen LogP contribution in [0.2, 0.25) is 0 Å². The summed E-state index contributed by atoms with van der Waals surface area (Å²) >= 11 is 1.78. The normalized spacial score (nSPS) is 20.7. The number of benzene rings is 1. The first-order valence-corrected chi connectivity index (χ1v) is 6.70. The van der Waals surface area contributed by atoms with Gasteiger partial charge < -0.3 is 5.32 Å². The molecule has 1 aromatic carbocycles. The monoisotopic (exact) mass is 232 g/mol. The van der Waals surface area contributed by atoms with Crippen molar-refractivity contribution in [1.82, 2.24) is 10.3 Å². The molecule has 1 aliphatic rings. The maximum absolute atomic E-state index is 4.55. The molecule has 1 saturated heterocycles. The zero-order valence-corrected chi connectivity index (χ0v) is 10.3. The van der Waals surface area contributed by atoms with E-state index in [0.717, 1.165) is 10.9 Å². The number of aryl methyl sites for hydroxylation is 1. The molecule has 1 aliphatic heterocycles. The number of fused-ring (bicyclic) bond motifs is 1. The average Bonchev–Trinajstić information content (AvgIpc) is 2.85. The summed E-state index contributed by atoms with van der Waals surface area (Å²) in [6.07, 6.45) is 2.51. The van der Waals surface area contributed by atoms with Gasteiger partial charge in [0.15, 0.2) is 0 Å². The fourth-order valence-corrected chi connectivity index (χ4v) is 3.24. The zero-order chi connectivity index (χ0) is 11.0. The summed E-state index contributed by atoms with van der Waals surface area (Å²) in [7, 11) is 0. The molecule has 2 nitrogen and oxygen atoms in total. The van der Waals surface area contributed by atoms with Crippen LogP contribution in [0, 0.1) is 12.8 Å². The minimum Gasteiger partial charge on any atom is -0.316 e. The SMILES string of the molecule is Cc1nc2cc(CC3CCNC3)ccc2s1. The van der Waals surface area contributed by atoms with Gasteiger partial charge in [0, 0.05) is 0 Å². The highest BCUT2D eigenvalue weighted by Gasteiger charge is 2.15. The molecule has 0 bridgehead atoms. The molecule has 0 radical (unpaired) electrons. The maximum atomic E-state index is 4.55. The average molecular weight is 232 g/mol. The molecule has 84 valence electrons. The summed E-state index contributed by atoms with van der Waals surface area (Å²) in [6.45, 7) is 4.43. The van der Waals surface area contributed by atoms with Gasteiger partial charge >= 0.3 is 0 Å². The number of rotatable bonds is 2. The summed E-state index contributed by atoms with van der Waals surface area (Å²) in [5, 5.41) is 4.58. The van der Waals surface area contributed by atoms with Crippen LogP contribution >= 0.6 is 11.3 Å². The van der Waals surface area contributed by atoms with E-state index in [1.807, 2.05) is 0 Å². The second-order valence-corrected chi connectivity index (χ2v) is 5.83. The Morgan fingerprint density at radius 2 is 2.44 bits per heavy atom. The fourth-order valence-electron chi connectivity index (χ4n) is 2.44. The van der Waals surface area contributed by atoms with Crippen LogP contribution in [-0.4, -0.2) is 18.1 Å². The molecule has 16 heavy (non-hydrogen) atoms. The van der Waals surface area contributed by atoms with Crippen molar-refractivity contribution in [3.8, 4) is 0 Å². The molecule has 1 atom stereocenters. The van der Waals surface area contributed by atoms with Gasteiger partial charge in [-0.1, -0.05) is 6.07 Å². The van der Waals surface area contributed by atoms with Crippen molar-refractivity contribution < 1.29 is 0 Å². The number of nitrogens with zero attached hydrogens (tertiary/aromatic N) is 1. The van der Waals surface area contributed by atoms with Crippen LogP contribution in [0.3, 0.4) is 0 Å². The number of hydrogen-bond acceptors (Lipinski definition) is 3. The molecule has 2 aromatic rings. The number of nitrogens with one attached hydrogen (secondary N) is 1. The summed E-state index contributed by atoms with van der Waals surface area (Å²) in [4.78, 5) is 4.55. The summed E-state index contributed by atoms with van der Waals surface area (Å²) in [5.74, 6) is 0.817. The van der Waals surface area contributed by atoms with Crippen molar-refractivity contribution in [1.29, 1.82) is 0 Å². The van der Waals surface area contributed by atoms with E-state index in [9.17, 15) is 0 Å². The summed E-state index contributed by atoms with van der Waals surface area (Å²) in [5.41, 5.74) is 2.61. The lowest BCUT2D eigenvalue weighted by atomic mass is 9.99. The highest BCUT2D eigenvalue weighted by Crippen LogP contribution is 2.24. The Morgan fingerprint density at radius 1 is 1.50 bits per heavy atom. The molecule has 1 N–H and O–H groups in total. The first-order valence-electron chi connectivity index (χ1n) is 5.88. The van der Waals surface area contributed by atoms with Gasteiger partial charge in [-0.2, -0.15) is 0 Å². The van der Waals surface area contributed by atoms with Crippen molar-refractivity contribution in [2.24, 2.45) is 5.92 Å². The van der Waals surface area contributed by atoms with E-state index in [1.165, 1.54) is 41.7 Å². The largest absolute Gasteiger partial charge is 0.316 e. The van der Waals surface area contributed by atoms with E-state index >= 15 is 0 Å². The van der Waals surface area contributed by atoms with Crippen LogP contribution in [0.15, 0.2) is 18.2 Å². The second kappa shape index (κ2) is 4.15. The molecule has 0 spiro atoms. The highest BCUT2D eigenvalue weighted by atomic mass is 32.1. The van der Waals surface area contributed by atoms with Crippen molar-refractivity contribution in [2.45, 2.75) is 19.8 Å². The predicted octanol–water partition coefficient (Wildman–Crippen LogP) is 2.76. The van der Waals surface area contributed by atoms with Gasteiger partial charge in [0.1, 0.15) is 0 Å². The standard InChI is InChI=1S/C13H16N2S/c1-9-15-12-7-10(2-3-13(12)16-9)6-11-4-5-14-8-11/h2-3,7,11,14H,4-6,8H2,1H3. The third-order valence-corrected chi connectivity index (χ3v) is 4.20. The molecule has 1 fully saturated rings. The minimum absolute atomic E-state index is 0.817. The fraction of sp³-hybridized carbons (Fsp3) is 0.462. The van der Waals surface area contributed by atoms with E-state index in [1.54, 1.807) is 11.3 Å². The molecule has 1 aromatic heterocycles. The molecule has 3 heteroatoms. The molecular weight excluding hydrogens is 216 g/mol. The topological polar surface area (TPSA) is 24.9 Å². The Bertz CT molecular complexity index is 498. The Kier molecular flexibility index (Phi) is 2.65. The van der Waals surface area contributed by atoms with Gasteiger partial charge in [-0.3, -0.25) is 0 Å². The first-order chi connectivity index (χ1) is 7.81. The Morgan fingerprint density at radius 3 is 3.25 bits per heavy atom. The molecule has 0 amide bonds. The molecular formula is C13H16N2S. The second-order valence-electron chi connectivity index (χ2n) is 4.60. The van der Waals surface area contributed by atoms with Gasteiger partial charge in [-0.25, -0.2) is 4.98 Å². The van der Waals surface area contributed by atoms with Crippen molar-refractivity contribution >= 4 is 21.6 Å². The summed E-state index contributed by atoms with van der Waals surface area (Å²) < 4.78 is 1.31. The van der Waals surface area contributed by atoms with Gasteiger partial charge in [-0.15, -0.1) is 11.3 Å². The third-order valence-electron chi connectivity index (χ3n) is 3.25. The van der Waals surface area contributed by atoms with Gasteiger partial charge in [0.05, 0.1) is 15.2 Å². The van der Waals surface area contributed by atoms with Gasteiger partial charge in [-0.05, 0) is 56.5 Å². The molecule has 0 saturated carbocycles. The molecule has 2 heterocycles. The number of thiazole rings is 1. The lowest BCUT2D eigenvalue weighted by Gasteiger charge is -2.07. The van der Waals surface area contributed by atoms with Crippen LogP contribution in [0.5, 0.6) is 0 Å². The van der Waals surface area contributed by atoms with Crippen molar-refractivity contribution in [3.63, 3.8) is 0 Å². The lowest BCUT2D eigenvalue weighted by Crippen LogP contribution is -2.10. The van der Waals surface area contributed by atoms with E-state index in [2.05, 4.69) is 35.4 Å². The number of aromatic nitrogens is 1. The van der Waals surface area contributed by atoms with E-state index < -0.39 is 0 Å². The van der Waals surface area contributed by atoms with E-state index in [0.29, 0.717) is 0 Å². The van der Waals surface area contributed by atoms with Crippen LogP contribution in [0.25, 0.3) is 10.2 Å². The zero-order valence-electron chi connectivity index (χ0n) is 9.49. The highest BCUT2D eigenvalue weighted by molar-refractivity contribution is 7.18. The molecule has 3 rings (SSSR count). The Labute approximate surface area is 99.7 Å².